The molecule has 0 spiro atoms. The van der Waals surface area contributed by atoms with Crippen molar-refractivity contribution >= 4 is 0 Å². The van der Waals surface area contributed by atoms with E-state index in [0.717, 1.165) is 44.0 Å². The van der Waals surface area contributed by atoms with Crippen LogP contribution in [0.3, 0.4) is 0 Å². The molecule has 118 valence electrons. The molecular formula is C18H29NO2. The van der Waals surface area contributed by atoms with Gasteiger partial charge in [0.25, 0.3) is 0 Å². The van der Waals surface area contributed by atoms with E-state index in [1.807, 2.05) is 19.1 Å². The first-order valence-corrected chi connectivity index (χ1v) is 7.72. The monoisotopic (exact) mass is 291 g/mol. The summed E-state index contributed by atoms with van der Waals surface area (Å²) in [6.07, 6.45) is 1.13. The van der Waals surface area contributed by atoms with Gasteiger partial charge in [-0.1, -0.05) is 32.6 Å². The Morgan fingerprint density at radius 3 is 2.52 bits per heavy atom. The predicted octanol–water partition coefficient (Wildman–Crippen LogP) is 3.79. The number of nitrogens with one attached hydrogen (secondary N) is 1. The van der Waals surface area contributed by atoms with Gasteiger partial charge < -0.3 is 14.8 Å². The molecule has 0 atom stereocenters. The lowest BCUT2D eigenvalue weighted by Gasteiger charge is -2.09. The molecule has 1 aromatic rings. The molecular weight excluding hydrogens is 262 g/mol. The number of rotatable bonds is 11. The highest BCUT2D eigenvalue weighted by molar-refractivity contribution is 5.27. The van der Waals surface area contributed by atoms with Gasteiger partial charge in [0.1, 0.15) is 12.4 Å². The molecule has 0 saturated heterocycles. The minimum Gasteiger partial charge on any atom is -0.489 e. The molecule has 0 radical (unpaired) electrons. The highest BCUT2D eigenvalue weighted by atomic mass is 16.5. The summed E-state index contributed by atoms with van der Waals surface area (Å²) in [5.74, 6) is 1.60. The maximum Gasteiger partial charge on any atom is 0.119 e. The number of benzene rings is 1. The summed E-state index contributed by atoms with van der Waals surface area (Å²) in [5.41, 5.74) is 2.28. The van der Waals surface area contributed by atoms with E-state index in [-0.39, 0.29) is 0 Å². The van der Waals surface area contributed by atoms with Crippen molar-refractivity contribution in [2.75, 3.05) is 26.4 Å². The summed E-state index contributed by atoms with van der Waals surface area (Å²) in [6.45, 7) is 14.1. The SMILES string of the molecule is C=C(C)COc1ccc(CNCCOCCC(C)C)cc1. The van der Waals surface area contributed by atoms with Gasteiger partial charge in [0.2, 0.25) is 0 Å². The molecule has 0 saturated carbocycles. The van der Waals surface area contributed by atoms with Crippen molar-refractivity contribution in [1.82, 2.24) is 5.32 Å². The fraction of sp³-hybridized carbons (Fsp3) is 0.556. The fourth-order valence-corrected chi connectivity index (χ4v) is 1.71. The van der Waals surface area contributed by atoms with Gasteiger partial charge in [0.05, 0.1) is 6.61 Å². The molecule has 1 aromatic carbocycles. The van der Waals surface area contributed by atoms with Gasteiger partial charge in [-0.25, -0.2) is 0 Å². The van der Waals surface area contributed by atoms with Crippen molar-refractivity contribution in [2.45, 2.75) is 33.7 Å². The van der Waals surface area contributed by atoms with Crippen LogP contribution in [0.2, 0.25) is 0 Å². The van der Waals surface area contributed by atoms with Gasteiger partial charge in [0.15, 0.2) is 0 Å². The van der Waals surface area contributed by atoms with E-state index in [0.29, 0.717) is 12.5 Å². The second-order valence-electron chi connectivity index (χ2n) is 5.86. The van der Waals surface area contributed by atoms with Crippen molar-refractivity contribution in [1.29, 1.82) is 0 Å². The number of ether oxygens (including phenoxy) is 2. The van der Waals surface area contributed by atoms with Gasteiger partial charge in [-0.3, -0.25) is 0 Å². The molecule has 21 heavy (non-hydrogen) atoms. The van der Waals surface area contributed by atoms with Crippen LogP contribution in [0.15, 0.2) is 36.4 Å². The second kappa shape index (κ2) is 10.4. The van der Waals surface area contributed by atoms with Crippen molar-refractivity contribution in [2.24, 2.45) is 5.92 Å². The highest BCUT2D eigenvalue weighted by Gasteiger charge is 1.97. The lowest BCUT2D eigenvalue weighted by Crippen LogP contribution is -2.19. The van der Waals surface area contributed by atoms with Gasteiger partial charge >= 0.3 is 0 Å². The van der Waals surface area contributed by atoms with Gasteiger partial charge in [-0.05, 0) is 42.5 Å². The average Bonchev–Trinajstić information content (AvgIpc) is 2.45. The third kappa shape index (κ3) is 9.27. The van der Waals surface area contributed by atoms with E-state index < -0.39 is 0 Å². The number of hydrogen-bond acceptors (Lipinski definition) is 3. The molecule has 1 rings (SSSR count). The van der Waals surface area contributed by atoms with Crippen LogP contribution in [0.4, 0.5) is 0 Å². The standard InChI is InChI=1S/C18H29NO2/c1-15(2)9-11-20-12-10-19-13-17-5-7-18(8-6-17)21-14-16(3)4/h5-8,15,19H,3,9-14H2,1-2,4H3. The Balaban J connectivity index is 2.11. The highest BCUT2D eigenvalue weighted by Crippen LogP contribution is 2.12. The lowest BCUT2D eigenvalue weighted by molar-refractivity contribution is 0.125. The maximum absolute atomic E-state index is 5.57. The molecule has 0 aliphatic heterocycles. The first-order valence-electron chi connectivity index (χ1n) is 7.72. The van der Waals surface area contributed by atoms with Crippen molar-refractivity contribution < 1.29 is 9.47 Å². The van der Waals surface area contributed by atoms with Gasteiger partial charge in [-0.15, -0.1) is 0 Å². The largest absolute Gasteiger partial charge is 0.489 e. The summed E-state index contributed by atoms with van der Waals surface area (Å²) in [7, 11) is 0. The second-order valence-corrected chi connectivity index (χ2v) is 5.86. The summed E-state index contributed by atoms with van der Waals surface area (Å²) in [6, 6.07) is 8.17. The van der Waals surface area contributed by atoms with Crippen molar-refractivity contribution in [3.63, 3.8) is 0 Å². The van der Waals surface area contributed by atoms with Crippen LogP contribution < -0.4 is 10.1 Å². The molecule has 0 heterocycles. The predicted molar refractivity (Wildman–Crippen MR) is 88.7 cm³/mol. The third-order valence-electron chi connectivity index (χ3n) is 3.00. The third-order valence-corrected chi connectivity index (χ3v) is 3.00. The van der Waals surface area contributed by atoms with E-state index in [4.69, 9.17) is 9.47 Å². The smallest absolute Gasteiger partial charge is 0.119 e. The van der Waals surface area contributed by atoms with E-state index in [2.05, 4.69) is 37.9 Å². The summed E-state index contributed by atoms with van der Waals surface area (Å²) in [4.78, 5) is 0. The van der Waals surface area contributed by atoms with Crippen LogP contribution in [-0.4, -0.2) is 26.4 Å². The molecule has 0 unspecified atom stereocenters. The van der Waals surface area contributed by atoms with E-state index in [9.17, 15) is 0 Å². The maximum atomic E-state index is 5.57. The zero-order chi connectivity index (χ0) is 15.5. The molecule has 0 aliphatic rings. The Bertz CT molecular complexity index is 398. The Hall–Kier alpha value is -1.32. The number of hydrogen-bond donors (Lipinski definition) is 1. The van der Waals surface area contributed by atoms with Crippen LogP contribution in [-0.2, 0) is 11.3 Å². The quantitative estimate of drug-likeness (QED) is 0.497. The summed E-state index contributed by atoms with van der Waals surface area (Å²) >= 11 is 0. The zero-order valence-corrected chi connectivity index (χ0v) is 13.7. The van der Waals surface area contributed by atoms with E-state index in [1.54, 1.807) is 0 Å². The summed E-state index contributed by atoms with van der Waals surface area (Å²) < 4.78 is 11.1. The molecule has 0 fully saturated rings. The first-order chi connectivity index (χ1) is 10.1. The van der Waals surface area contributed by atoms with Crippen LogP contribution in [0, 0.1) is 5.92 Å². The minimum atomic E-state index is 0.575. The first kappa shape index (κ1) is 17.7. The molecule has 1 N–H and O–H groups in total. The Morgan fingerprint density at radius 1 is 1.19 bits per heavy atom. The van der Waals surface area contributed by atoms with E-state index in [1.165, 1.54) is 5.56 Å². The topological polar surface area (TPSA) is 30.5 Å². The zero-order valence-electron chi connectivity index (χ0n) is 13.7. The van der Waals surface area contributed by atoms with Crippen molar-refractivity contribution in [3.05, 3.63) is 42.0 Å². The Kier molecular flexibility index (Phi) is 8.79. The van der Waals surface area contributed by atoms with Crippen molar-refractivity contribution in [3.8, 4) is 5.75 Å². The molecule has 0 bridgehead atoms. The molecule has 3 heteroatoms. The van der Waals surface area contributed by atoms with Crippen LogP contribution >= 0.6 is 0 Å². The molecule has 0 aliphatic carbocycles. The van der Waals surface area contributed by atoms with Gasteiger partial charge in [0, 0.05) is 19.7 Å². The van der Waals surface area contributed by atoms with Crippen LogP contribution in [0.1, 0.15) is 32.8 Å². The average molecular weight is 291 g/mol. The normalized spacial score (nSPS) is 10.9. The molecule has 0 amide bonds. The molecule has 0 aromatic heterocycles. The lowest BCUT2D eigenvalue weighted by atomic mass is 10.1. The van der Waals surface area contributed by atoms with E-state index >= 15 is 0 Å². The van der Waals surface area contributed by atoms with Gasteiger partial charge in [-0.2, -0.15) is 0 Å². The molecule has 3 nitrogen and oxygen atoms in total. The summed E-state index contributed by atoms with van der Waals surface area (Å²) in [5, 5.41) is 3.38. The van der Waals surface area contributed by atoms with Crippen LogP contribution in [0.25, 0.3) is 0 Å². The Morgan fingerprint density at radius 2 is 1.90 bits per heavy atom. The minimum absolute atomic E-state index is 0.575. The van der Waals surface area contributed by atoms with Crippen LogP contribution in [0.5, 0.6) is 5.75 Å². The fourth-order valence-electron chi connectivity index (χ4n) is 1.71. The Labute approximate surface area is 129 Å².